The van der Waals surface area contributed by atoms with Crippen molar-refractivity contribution in [3.05, 3.63) is 0 Å². The Balaban J connectivity index is -0.000000153. The molecule has 15 heavy (non-hydrogen) atoms. The van der Waals surface area contributed by atoms with Gasteiger partial charge in [-0.15, -0.1) is 0 Å². The number of nitrogens with two attached hydrogens (primary N) is 2. The Hall–Kier alpha value is -0.200. The number of aliphatic hydroxyl groups is 3. The molecule has 0 aromatic rings. The topological polar surface area (TPSA) is 113 Å². The highest BCUT2D eigenvalue weighted by Gasteiger charge is 2.06. The minimum absolute atomic E-state index is 0.0486. The van der Waals surface area contributed by atoms with E-state index in [-0.39, 0.29) is 13.2 Å². The van der Waals surface area contributed by atoms with Crippen LogP contribution in [0, 0.1) is 0 Å². The van der Waals surface area contributed by atoms with Crippen molar-refractivity contribution >= 4 is 0 Å². The summed E-state index contributed by atoms with van der Waals surface area (Å²) in [4.78, 5) is 0. The van der Waals surface area contributed by atoms with Crippen molar-refractivity contribution in [2.75, 3.05) is 19.8 Å². The largest absolute Gasteiger partial charge is 0.397 e. The Kier molecular flexibility index (Phi) is 13.9. The Morgan fingerprint density at radius 3 is 1.20 bits per heavy atom. The number of hydrogen-bond donors (Lipinski definition) is 5. The summed E-state index contributed by atoms with van der Waals surface area (Å²) >= 11 is 0. The Bertz CT molecular complexity index is 103. The van der Waals surface area contributed by atoms with E-state index in [1.807, 2.05) is 0 Å². The van der Waals surface area contributed by atoms with Crippen molar-refractivity contribution in [2.45, 2.75) is 45.8 Å². The summed E-state index contributed by atoms with van der Waals surface area (Å²) in [5, 5.41) is 24.5. The molecule has 0 saturated heterocycles. The molecule has 0 fully saturated rings. The molecule has 0 radical (unpaired) electrons. The molecule has 0 amide bonds. The molecular formula is C10H28N2O3. The fourth-order valence-corrected chi connectivity index (χ4v) is 0. The molecule has 0 aliphatic carbocycles. The van der Waals surface area contributed by atoms with Gasteiger partial charge < -0.3 is 26.8 Å². The maximum Gasteiger partial charge on any atom is 0.0713 e. The van der Waals surface area contributed by atoms with Gasteiger partial charge in [-0.3, -0.25) is 0 Å². The molecule has 0 bridgehead atoms. The second-order valence-corrected chi connectivity index (χ2v) is 4.48. The molecule has 0 unspecified atom stereocenters. The van der Waals surface area contributed by atoms with E-state index in [9.17, 15) is 0 Å². The summed E-state index contributed by atoms with van der Waals surface area (Å²) < 4.78 is 0. The van der Waals surface area contributed by atoms with Crippen LogP contribution >= 0.6 is 0 Å². The lowest BCUT2D eigenvalue weighted by atomic mass is 10.1. The fraction of sp³-hybridized carbons (Fsp3) is 1.00. The zero-order valence-corrected chi connectivity index (χ0v) is 10.6. The van der Waals surface area contributed by atoms with Crippen LogP contribution in [0.1, 0.15) is 34.6 Å². The highest BCUT2D eigenvalue weighted by Crippen LogP contribution is 1.93. The average Bonchev–Trinajstić information content (AvgIpc) is 2.04. The van der Waals surface area contributed by atoms with Gasteiger partial charge in [-0.05, 0) is 34.6 Å². The highest BCUT2D eigenvalue weighted by molar-refractivity contribution is 4.67. The standard InChI is InChI=1S/2C4H11NO.C2H6O/c1-4(2,5)3-6;1-4(2,6)3-5;1-2-3/h2*6H,3,5H2,1-2H3;3H,2H2,1H3. The molecule has 0 rings (SSSR count). The van der Waals surface area contributed by atoms with Crippen molar-refractivity contribution < 1.29 is 15.3 Å². The maximum absolute atomic E-state index is 8.70. The van der Waals surface area contributed by atoms with E-state index in [2.05, 4.69) is 0 Å². The molecule has 7 N–H and O–H groups in total. The van der Waals surface area contributed by atoms with E-state index < -0.39 is 11.1 Å². The summed E-state index contributed by atoms with van der Waals surface area (Å²) in [7, 11) is 0. The summed E-state index contributed by atoms with van der Waals surface area (Å²) in [6.45, 7) is 9.19. The lowest BCUT2D eigenvalue weighted by Gasteiger charge is -2.12. The van der Waals surface area contributed by atoms with Gasteiger partial charge in [0.25, 0.3) is 0 Å². The van der Waals surface area contributed by atoms with Crippen LogP contribution in [-0.2, 0) is 0 Å². The zero-order chi connectivity index (χ0) is 13.1. The summed E-state index contributed by atoms with van der Waals surface area (Å²) in [5.41, 5.74) is 9.26. The van der Waals surface area contributed by atoms with Gasteiger partial charge in [0.1, 0.15) is 0 Å². The first kappa shape index (κ1) is 20.2. The van der Waals surface area contributed by atoms with Crippen molar-refractivity contribution in [1.29, 1.82) is 0 Å². The van der Waals surface area contributed by atoms with Gasteiger partial charge in [0.2, 0.25) is 0 Å². The second kappa shape index (κ2) is 10.3. The lowest BCUT2D eigenvalue weighted by Crippen LogP contribution is -2.35. The number of rotatable bonds is 2. The predicted molar refractivity (Wildman–Crippen MR) is 63.5 cm³/mol. The predicted octanol–water partition coefficient (Wildman–Crippen LogP) is -0.569. The van der Waals surface area contributed by atoms with Crippen molar-refractivity contribution in [2.24, 2.45) is 11.5 Å². The lowest BCUT2D eigenvalue weighted by molar-refractivity contribution is 0.0898. The van der Waals surface area contributed by atoms with Gasteiger partial charge in [-0.1, -0.05) is 0 Å². The van der Waals surface area contributed by atoms with Gasteiger partial charge in [0, 0.05) is 18.7 Å². The van der Waals surface area contributed by atoms with Gasteiger partial charge in [0.15, 0.2) is 0 Å². The van der Waals surface area contributed by atoms with E-state index >= 15 is 0 Å². The van der Waals surface area contributed by atoms with Crippen LogP contribution in [0.2, 0.25) is 0 Å². The van der Waals surface area contributed by atoms with Crippen LogP contribution in [0.25, 0.3) is 0 Å². The Morgan fingerprint density at radius 1 is 1.07 bits per heavy atom. The van der Waals surface area contributed by atoms with Crippen LogP contribution in [-0.4, -0.2) is 46.2 Å². The maximum atomic E-state index is 8.70. The molecule has 0 saturated carbocycles. The third-order valence-electron chi connectivity index (χ3n) is 0.907. The normalized spacial score (nSPS) is 10.8. The third kappa shape index (κ3) is 57.1. The van der Waals surface area contributed by atoms with E-state index in [0.29, 0.717) is 6.54 Å². The molecule has 0 aromatic carbocycles. The van der Waals surface area contributed by atoms with E-state index in [4.69, 9.17) is 26.8 Å². The quantitative estimate of drug-likeness (QED) is 0.431. The molecular weight excluding hydrogens is 196 g/mol. The molecule has 96 valence electrons. The fourth-order valence-electron chi connectivity index (χ4n) is 0. The Morgan fingerprint density at radius 2 is 1.20 bits per heavy atom. The Labute approximate surface area is 93.1 Å². The van der Waals surface area contributed by atoms with Crippen molar-refractivity contribution in [1.82, 2.24) is 0 Å². The molecule has 0 aliphatic heterocycles. The minimum atomic E-state index is -0.681. The van der Waals surface area contributed by atoms with Gasteiger partial charge in [-0.25, -0.2) is 0 Å². The van der Waals surface area contributed by atoms with Crippen molar-refractivity contribution in [3.8, 4) is 0 Å². The van der Waals surface area contributed by atoms with E-state index in [1.165, 1.54) is 0 Å². The molecule has 0 atom stereocenters. The number of aliphatic hydroxyl groups excluding tert-OH is 2. The molecule has 5 nitrogen and oxygen atoms in total. The third-order valence-corrected chi connectivity index (χ3v) is 0.907. The zero-order valence-electron chi connectivity index (χ0n) is 10.6. The molecule has 0 aromatic heterocycles. The molecule has 0 spiro atoms. The first-order valence-corrected chi connectivity index (χ1v) is 4.97. The summed E-state index contributed by atoms with van der Waals surface area (Å²) in [6, 6.07) is 0. The number of hydrogen-bond acceptors (Lipinski definition) is 5. The van der Waals surface area contributed by atoms with Crippen LogP contribution in [0.3, 0.4) is 0 Å². The molecule has 0 heterocycles. The molecule has 0 aliphatic rings. The van der Waals surface area contributed by atoms with Gasteiger partial charge >= 0.3 is 0 Å². The first-order chi connectivity index (χ1) is 6.54. The highest BCUT2D eigenvalue weighted by atomic mass is 16.3. The van der Waals surface area contributed by atoms with Crippen molar-refractivity contribution in [3.63, 3.8) is 0 Å². The van der Waals surface area contributed by atoms with Gasteiger partial charge in [-0.2, -0.15) is 0 Å². The molecule has 5 heteroatoms. The van der Waals surface area contributed by atoms with Crippen LogP contribution in [0.5, 0.6) is 0 Å². The average molecular weight is 224 g/mol. The van der Waals surface area contributed by atoms with E-state index in [0.717, 1.165) is 0 Å². The summed E-state index contributed by atoms with van der Waals surface area (Å²) in [6.07, 6.45) is 0. The second-order valence-electron chi connectivity index (χ2n) is 4.48. The minimum Gasteiger partial charge on any atom is -0.397 e. The van der Waals surface area contributed by atoms with Crippen LogP contribution in [0.15, 0.2) is 0 Å². The van der Waals surface area contributed by atoms with Crippen LogP contribution < -0.4 is 11.5 Å². The monoisotopic (exact) mass is 224 g/mol. The summed E-state index contributed by atoms with van der Waals surface area (Å²) in [5.74, 6) is 0. The first-order valence-electron chi connectivity index (χ1n) is 4.97. The smallest absolute Gasteiger partial charge is 0.0713 e. The SMILES string of the molecule is CC(C)(N)CO.CC(C)(O)CN.CCO. The van der Waals surface area contributed by atoms with Gasteiger partial charge in [0.05, 0.1) is 12.2 Å². The van der Waals surface area contributed by atoms with E-state index in [1.54, 1.807) is 34.6 Å². The van der Waals surface area contributed by atoms with Crippen LogP contribution in [0.4, 0.5) is 0 Å².